The Hall–Kier alpha value is -2.59. The lowest BCUT2D eigenvalue weighted by Gasteiger charge is -2.14. The molecule has 1 aromatic heterocycles. The summed E-state index contributed by atoms with van der Waals surface area (Å²) in [6, 6.07) is 16.2. The molecule has 0 aliphatic carbocycles. The number of hydrogen-bond acceptors (Lipinski definition) is 3. The van der Waals surface area contributed by atoms with Crippen molar-refractivity contribution < 1.29 is 4.74 Å². The van der Waals surface area contributed by atoms with Crippen LogP contribution in [0, 0.1) is 13.8 Å². The zero-order chi connectivity index (χ0) is 16.4. The van der Waals surface area contributed by atoms with Crippen molar-refractivity contribution in [1.82, 2.24) is 9.78 Å². The number of aromatic nitrogens is 2. The summed E-state index contributed by atoms with van der Waals surface area (Å²) in [7, 11) is 1.68. The molecule has 2 aromatic carbocycles. The van der Waals surface area contributed by atoms with Gasteiger partial charge in [0.1, 0.15) is 5.75 Å². The Morgan fingerprint density at radius 3 is 2.61 bits per heavy atom. The summed E-state index contributed by atoms with van der Waals surface area (Å²) < 4.78 is 7.48. The maximum Gasteiger partial charge on any atom is 0.128 e. The molecular formula is C19H21N3O. The Labute approximate surface area is 136 Å². The number of hydrogen-bond donors (Lipinski definition) is 1. The average Bonchev–Trinajstić information content (AvgIpc) is 3.01. The van der Waals surface area contributed by atoms with E-state index in [9.17, 15) is 0 Å². The van der Waals surface area contributed by atoms with E-state index in [1.807, 2.05) is 41.1 Å². The van der Waals surface area contributed by atoms with Gasteiger partial charge in [0.05, 0.1) is 24.2 Å². The minimum absolute atomic E-state index is 0.403. The van der Waals surface area contributed by atoms with Gasteiger partial charge in [0.2, 0.25) is 0 Å². The predicted molar refractivity (Wildman–Crippen MR) is 92.9 cm³/mol. The molecule has 0 unspecified atom stereocenters. The van der Waals surface area contributed by atoms with Gasteiger partial charge in [-0.05, 0) is 49.2 Å². The lowest BCUT2D eigenvalue weighted by molar-refractivity contribution is 0.416. The van der Waals surface area contributed by atoms with Gasteiger partial charge in [-0.1, -0.05) is 24.3 Å². The van der Waals surface area contributed by atoms with E-state index in [4.69, 9.17) is 10.5 Å². The van der Waals surface area contributed by atoms with E-state index >= 15 is 0 Å². The van der Waals surface area contributed by atoms with Crippen LogP contribution in [0.3, 0.4) is 0 Å². The first kappa shape index (κ1) is 15.3. The smallest absolute Gasteiger partial charge is 0.128 e. The zero-order valence-electron chi connectivity index (χ0n) is 13.7. The van der Waals surface area contributed by atoms with Crippen LogP contribution >= 0.6 is 0 Å². The molecule has 0 bridgehead atoms. The van der Waals surface area contributed by atoms with Crippen molar-refractivity contribution >= 4 is 0 Å². The molecule has 0 saturated carbocycles. The van der Waals surface area contributed by atoms with Crippen molar-refractivity contribution in [2.75, 3.05) is 7.11 Å². The molecule has 0 atom stereocenters. The number of nitrogens with two attached hydrogens (primary N) is 1. The molecule has 0 spiro atoms. The first-order chi connectivity index (χ1) is 11.2. The third-order valence-corrected chi connectivity index (χ3v) is 4.16. The lowest BCUT2D eigenvalue weighted by Crippen LogP contribution is -2.04. The van der Waals surface area contributed by atoms with Crippen molar-refractivity contribution in [1.29, 1.82) is 0 Å². The first-order valence-corrected chi connectivity index (χ1v) is 7.64. The monoisotopic (exact) mass is 307 g/mol. The van der Waals surface area contributed by atoms with Gasteiger partial charge >= 0.3 is 0 Å². The molecular weight excluding hydrogens is 286 g/mol. The van der Waals surface area contributed by atoms with Crippen LogP contribution in [-0.2, 0) is 6.54 Å². The van der Waals surface area contributed by atoms with Crippen molar-refractivity contribution in [3.63, 3.8) is 0 Å². The van der Waals surface area contributed by atoms with E-state index in [0.29, 0.717) is 6.54 Å². The molecule has 0 aliphatic rings. The first-order valence-electron chi connectivity index (χ1n) is 7.64. The van der Waals surface area contributed by atoms with Gasteiger partial charge < -0.3 is 10.5 Å². The van der Waals surface area contributed by atoms with E-state index in [1.54, 1.807) is 7.11 Å². The second-order valence-electron chi connectivity index (χ2n) is 5.56. The highest BCUT2D eigenvalue weighted by Crippen LogP contribution is 2.32. The number of para-hydroxylation sites is 1. The molecule has 0 radical (unpaired) electrons. The summed E-state index contributed by atoms with van der Waals surface area (Å²) >= 11 is 0. The Balaban J connectivity index is 2.26. The molecule has 1 heterocycles. The van der Waals surface area contributed by atoms with Crippen LogP contribution < -0.4 is 10.5 Å². The van der Waals surface area contributed by atoms with Gasteiger partial charge in [0.25, 0.3) is 0 Å². The highest BCUT2D eigenvalue weighted by Gasteiger charge is 2.16. The van der Waals surface area contributed by atoms with Gasteiger partial charge in [0, 0.05) is 12.1 Å². The molecule has 3 rings (SSSR count). The molecule has 0 fully saturated rings. The number of nitrogens with zero attached hydrogens (tertiary/aromatic N) is 2. The minimum atomic E-state index is 0.403. The SMILES string of the molecule is COc1ccccc1-c1cc(CN)nn1-c1cccc(C)c1C. The van der Waals surface area contributed by atoms with E-state index in [-0.39, 0.29) is 0 Å². The molecule has 0 saturated heterocycles. The number of rotatable bonds is 4. The number of methoxy groups -OCH3 is 1. The fourth-order valence-corrected chi connectivity index (χ4v) is 2.73. The van der Waals surface area contributed by atoms with Crippen molar-refractivity contribution in [3.8, 4) is 22.7 Å². The van der Waals surface area contributed by atoms with Gasteiger partial charge in [0.15, 0.2) is 0 Å². The standard InChI is InChI=1S/C19H21N3O/c1-13-7-6-9-17(14(13)2)22-18(11-15(12-20)21-22)16-8-4-5-10-19(16)23-3/h4-11H,12,20H2,1-3H3. The van der Waals surface area contributed by atoms with Crippen LogP contribution in [0.5, 0.6) is 5.75 Å². The Morgan fingerprint density at radius 1 is 1.09 bits per heavy atom. The Kier molecular flexibility index (Phi) is 4.17. The molecule has 0 aliphatic heterocycles. The number of ether oxygens (including phenoxy) is 1. The van der Waals surface area contributed by atoms with E-state index in [2.05, 4.69) is 31.1 Å². The maximum absolute atomic E-state index is 5.82. The van der Waals surface area contributed by atoms with Crippen LogP contribution in [0.4, 0.5) is 0 Å². The van der Waals surface area contributed by atoms with E-state index < -0.39 is 0 Å². The largest absolute Gasteiger partial charge is 0.496 e. The Morgan fingerprint density at radius 2 is 1.87 bits per heavy atom. The second-order valence-corrected chi connectivity index (χ2v) is 5.56. The fraction of sp³-hybridized carbons (Fsp3) is 0.211. The van der Waals surface area contributed by atoms with Crippen LogP contribution in [0.2, 0.25) is 0 Å². The molecule has 0 amide bonds. The summed E-state index contributed by atoms with van der Waals surface area (Å²) in [5.74, 6) is 0.822. The summed E-state index contributed by atoms with van der Waals surface area (Å²) in [5, 5.41) is 4.69. The minimum Gasteiger partial charge on any atom is -0.496 e. The quantitative estimate of drug-likeness (QED) is 0.801. The van der Waals surface area contributed by atoms with Crippen molar-refractivity contribution in [2.24, 2.45) is 5.73 Å². The number of aryl methyl sites for hydroxylation is 1. The molecule has 2 N–H and O–H groups in total. The van der Waals surface area contributed by atoms with Crippen molar-refractivity contribution in [2.45, 2.75) is 20.4 Å². The molecule has 4 heteroatoms. The van der Waals surface area contributed by atoms with Gasteiger partial charge in [-0.2, -0.15) is 5.10 Å². The van der Waals surface area contributed by atoms with Crippen LogP contribution in [0.15, 0.2) is 48.5 Å². The van der Waals surface area contributed by atoms with Crippen LogP contribution in [0.1, 0.15) is 16.8 Å². The molecule has 23 heavy (non-hydrogen) atoms. The van der Waals surface area contributed by atoms with Crippen LogP contribution in [0.25, 0.3) is 16.9 Å². The summed E-state index contributed by atoms with van der Waals surface area (Å²) in [5.41, 5.74) is 12.2. The molecule has 3 aromatic rings. The van der Waals surface area contributed by atoms with Crippen molar-refractivity contribution in [3.05, 3.63) is 65.4 Å². The highest BCUT2D eigenvalue weighted by atomic mass is 16.5. The van der Waals surface area contributed by atoms with Crippen LogP contribution in [-0.4, -0.2) is 16.9 Å². The average molecular weight is 307 g/mol. The van der Waals surface area contributed by atoms with Gasteiger partial charge in [-0.15, -0.1) is 0 Å². The molecule has 118 valence electrons. The summed E-state index contributed by atoms with van der Waals surface area (Å²) in [4.78, 5) is 0. The van der Waals surface area contributed by atoms with E-state index in [0.717, 1.165) is 28.4 Å². The summed E-state index contributed by atoms with van der Waals surface area (Å²) in [6.07, 6.45) is 0. The lowest BCUT2D eigenvalue weighted by atomic mass is 10.1. The predicted octanol–water partition coefficient (Wildman–Crippen LogP) is 3.62. The maximum atomic E-state index is 5.82. The highest BCUT2D eigenvalue weighted by molar-refractivity contribution is 5.70. The summed E-state index contributed by atoms with van der Waals surface area (Å²) in [6.45, 7) is 4.62. The third-order valence-electron chi connectivity index (χ3n) is 4.16. The zero-order valence-corrected chi connectivity index (χ0v) is 13.7. The molecule has 4 nitrogen and oxygen atoms in total. The van der Waals surface area contributed by atoms with Gasteiger partial charge in [-0.25, -0.2) is 4.68 Å². The van der Waals surface area contributed by atoms with Gasteiger partial charge in [-0.3, -0.25) is 0 Å². The van der Waals surface area contributed by atoms with E-state index in [1.165, 1.54) is 11.1 Å². The normalized spacial score (nSPS) is 10.8. The second kappa shape index (κ2) is 6.26. The Bertz CT molecular complexity index is 836. The third kappa shape index (κ3) is 2.73. The topological polar surface area (TPSA) is 53.1 Å². The number of benzene rings is 2. The fourth-order valence-electron chi connectivity index (χ4n) is 2.73.